The van der Waals surface area contributed by atoms with Gasteiger partial charge in [-0.1, -0.05) is 11.6 Å². The molecule has 1 aromatic carbocycles. The molecule has 1 rings (SSSR count). The van der Waals surface area contributed by atoms with Gasteiger partial charge in [0.2, 0.25) is 5.91 Å². The lowest BCUT2D eigenvalue weighted by atomic mass is 10.2. The van der Waals surface area contributed by atoms with Crippen LogP contribution >= 0.6 is 11.6 Å². The predicted molar refractivity (Wildman–Crippen MR) is 75.2 cm³/mol. The van der Waals surface area contributed by atoms with Gasteiger partial charge in [0.25, 0.3) is 0 Å². The molecule has 0 aromatic heterocycles. The first-order chi connectivity index (χ1) is 8.76. The number of hydrogen-bond donors (Lipinski definition) is 1. The first-order valence-electron chi connectivity index (χ1n) is 6.03. The highest BCUT2D eigenvalue weighted by atomic mass is 35.5. The molecule has 0 radical (unpaired) electrons. The summed E-state index contributed by atoms with van der Waals surface area (Å²) in [6, 6.07) is 6.78. The van der Waals surface area contributed by atoms with Gasteiger partial charge in [0, 0.05) is 17.1 Å². The first kappa shape index (κ1) is 15.5. The fourth-order valence-electron chi connectivity index (χ4n) is 1.36. The molecule has 1 amide bonds. The van der Waals surface area contributed by atoms with E-state index in [4.69, 9.17) is 16.3 Å². The lowest BCUT2D eigenvalue weighted by Crippen LogP contribution is -2.24. The average molecular weight is 284 g/mol. The highest BCUT2D eigenvalue weighted by Gasteiger charge is 2.17. The van der Waals surface area contributed by atoms with Gasteiger partial charge in [0.1, 0.15) is 5.60 Å². The Labute approximate surface area is 118 Å². The van der Waals surface area contributed by atoms with Crippen LogP contribution in [-0.2, 0) is 14.3 Å². The quantitative estimate of drug-likeness (QED) is 0.862. The second-order valence-electron chi connectivity index (χ2n) is 5.14. The van der Waals surface area contributed by atoms with Gasteiger partial charge in [0.15, 0.2) is 0 Å². The minimum absolute atomic E-state index is 0.0662. The summed E-state index contributed by atoms with van der Waals surface area (Å²) in [5.41, 5.74) is 0.127. The zero-order valence-electron chi connectivity index (χ0n) is 11.3. The molecule has 0 heterocycles. The van der Waals surface area contributed by atoms with Gasteiger partial charge in [0.05, 0.1) is 6.42 Å². The van der Waals surface area contributed by atoms with E-state index in [1.165, 1.54) is 0 Å². The van der Waals surface area contributed by atoms with Crippen LogP contribution < -0.4 is 5.32 Å². The van der Waals surface area contributed by atoms with E-state index < -0.39 is 5.60 Å². The number of ether oxygens (including phenoxy) is 1. The van der Waals surface area contributed by atoms with Crippen LogP contribution in [0.3, 0.4) is 0 Å². The van der Waals surface area contributed by atoms with E-state index in [9.17, 15) is 9.59 Å². The van der Waals surface area contributed by atoms with Gasteiger partial charge in [-0.2, -0.15) is 0 Å². The van der Waals surface area contributed by atoms with Crippen molar-refractivity contribution in [1.82, 2.24) is 0 Å². The van der Waals surface area contributed by atoms with Crippen LogP contribution in [0.4, 0.5) is 5.69 Å². The van der Waals surface area contributed by atoms with Crippen LogP contribution in [0.15, 0.2) is 24.3 Å². The van der Waals surface area contributed by atoms with E-state index in [0.717, 1.165) is 0 Å². The Morgan fingerprint density at radius 2 is 1.74 bits per heavy atom. The number of hydrogen-bond acceptors (Lipinski definition) is 3. The number of nitrogens with one attached hydrogen (secondary N) is 1. The second-order valence-corrected chi connectivity index (χ2v) is 5.58. The summed E-state index contributed by atoms with van der Waals surface area (Å²) in [5.74, 6) is -0.605. The van der Waals surface area contributed by atoms with Crippen molar-refractivity contribution in [2.75, 3.05) is 5.32 Å². The molecule has 0 bridgehead atoms. The fourth-order valence-corrected chi connectivity index (χ4v) is 1.49. The van der Waals surface area contributed by atoms with Gasteiger partial charge in [-0.3, -0.25) is 9.59 Å². The maximum absolute atomic E-state index is 11.6. The van der Waals surface area contributed by atoms with E-state index >= 15 is 0 Å². The third kappa shape index (κ3) is 6.82. The maximum atomic E-state index is 11.6. The molecule has 19 heavy (non-hydrogen) atoms. The molecule has 0 aliphatic heterocycles. The lowest BCUT2D eigenvalue weighted by molar-refractivity contribution is -0.155. The van der Waals surface area contributed by atoms with Crippen LogP contribution in [0.5, 0.6) is 0 Å². The number of anilines is 1. The number of amides is 1. The minimum atomic E-state index is -0.524. The summed E-state index contributed by atoms with van der Waals surface area (Å²) in [7, 11) is 0. The predicted octanol–water partition coefficient (Wildman–Crippen LogP) is 3.40. The van der Waals surface area contributed by atoms with Gasteiger partial charge in [-0.05, 0) is 45.0 Å². The largest absolute Gasteiger partial charge is 0.460 e. The molecule has 104 valence electrons. The van der Waals surface area contributed by atoms with Gasteiger partial charge < -0.3 is 10.1 Å². The Kier molecular flexibility index (Phi) is 5.36. The number of benzene rings is 1. The van der Waals surface area contributed by atoms with Crippen molar-refractivity contribution in [3.63, 3.8) is 0 Å². The molecular formula is C14H18ClNO3. The number of esters is 1. The summed E-state index contributed by atoms with van der Waals surface area (Å²) in [5, 5.41) is 3.29. The second kappa shape index (κ2) is 6.57. The Morgan fingerprint density at radius 1 is 1.16 bits per heavy atom. The Morgan fingerprint density at radius 3 is 2.26 bits per heavy atom. The van der Waals surface area contributed by atoms with Crippen molar-refractivity contribution in [1.29, 1.82) is 0 Å². The molecule has 0 saturated carbocycles. The van der Waals surface area contributed by atoms with E-state index in [2.05, 4.69) is 5.32 Å². The molecule has 0 spiro atoms. The molecule has 0 fully saturated rings. The van der Waals surface area contributed by atoms with Crippen LogP contribution in [0.25, 0.3) is 0 Å². The van der Waals surface area contributed by atoms with Crippen molar-refractivity contribution >= 4 is 29.2 Å². The van der Waals surface area contributed by atoms with Crippen LogP contribution in [-0.4, -0.2) is 17.5 Å². The minimum Gasteiger partial charge on any atom is -0.460 e. The zero-order chi connectivity index (χ0) is 14.5. The van der Waals surface area contributed by atoms with Crippen LogP contribution in [0, 0.1) is 0 Å². The highest BCUT2D eigenvalue weighted by Crippen LogP contribution is 2.14. The molecule has 0 saturated heterocycles. The summed E-state index contributed by atoms with van der Waals surface area (Å²) < 4.78 is 5.12. The van der Waals surface area contributed by atoms with Gasteiger partial charge in [-0.25, -0.2) is 0 Å². The lowest BCUT2D eigenvalue weighted by Gasteiger charge is -2.19. The van der Waals surface area contributed by atoms with E-state index in [1.54, 1.807) is 45.0 Å². The van der Waals surface area contributed by atoms with Crippen LogP contribution in [0.2, 0.25) is 5.02 Å². The standard InChI is InChI=1S/C14H18ClNO3/c1-14(2,3)19-13(18)9-8-12(17)16-11-6-4-10(15)5-7-11/h4-7H,8-9H2,1-3H3,(H,16,17). The molecule has 0 atom stereocenters. The number of rotatable bonds is 4. The smallest absolute Gasteiger partial charge is 0.306 e. The third-order valence-corrected chi connectivity index (χ3v) is 2.36. The normalized spacial score (nSPS) is 10.9. The molecule has 5 heteroatoms. The maximum Gasteiger partial charge on any atom is 0.306 e. The van der Waals surface area contributed by atoms with Crippen molar-refractivity contribution in [2.24, 2.45) is 0 Å². The Balaban J connectivity index is 2.36. The molecule has 4 nitrogen and oxygen atoms in total. The molecular weight excluding hydrogens is 266 g/mol. The van der Waals surface area contributed by atoms with Gasteiger partial charge in [-0.15, -0.1) is 0 Å². The van der Waals surface area contributed by atoms with Crippen LogP contribution in [0.1, 0.15) is 33.6 Å². The van der Waals surface area contributed by atoms with E-state index in [0.29, 0.717) is 10.7 Å². The van der Waals surface area contributed by atoms with E-state index in [1.807, 2.05) is 0 Å². The molecule has 0 aliphatic rings. The zero-order valence-corrected chi connectivity index (χ0v) is 12.1. The van der Waals surface area contributed by atoms with Gasteiger partial charge >= 0.3 is 5.97 Å². The van der Waals surface area contributed by atoms with Crippen molar-refractivity contribution in [2.45, 2.75) is 39.2 Å². The monoisotopic (exact) mass is 283 g/mol. The van der Waals surface area contributed by atoms with Crippen molar-refractivity contribution in [3.05, 3.63) is 29.3 Å². The highest BCUT2D eigenvalue weighted by molar-refractivity contribution is 6.30. The summed E-state index contributed by atoms with van der Waals surface area (Å²) in [4.78, 5) is 23.1. The summed E-state index contributed by atoms with van der Waals surface area (Å²) >= 11 is 5.74. The average Bonchev–Trinajstić information content (AvgIpc) is 2.27. The molecule has 1 aromatic rings. The third-order valence-electron chi connectivity index (χ3n) is 2.10. The van der Waals surface area contributed by atoms with E-state index in [-0.39, 0.29) is 24.7 Å². The Bertz CT molecular complexity index is 449. The van der Waals surface area contributed by atoms with Crippen molar-refractivity contribution < 1.29 is 14.3 Å². The Hall–Kier alpha value is -1.55. The first-order valence-corrected chi connectivity index (χ1v) is 6.41. The molecule has 0 aliphatic carbocycles. The summed E-state index contributed by atoms with van der Waals surface area (Å²) in [6.07, 6.45) is 0.161. The fraction of sp³-hybridized carbons (Fsp3) is 0.429. The molecule has 1 N–H and O–H groups in total. The number of carbonyl (C=O) groups excluding carboxylic acids is 2. The SMILES string of the molecule is CC(C)(C)OC(=O)CCC(=O)Nc1ccc(Cl)cc1. The topological polar surface area (TPSA) is 55.4 Å². The number of halogens is 1. The number of carbonyl (C=O) groups is 2. The van der Waals surface area contributed by atoms with Crippen molar-refractivity contribution in [3.8, 4) is 0 Å². The molecule has 0 unspecified atom stereocenters. The summed E-state index contributed by atoms with van der Waals surface area (Å²) in [6.45, 7) is 5.37.